The van der Waals surface area contributed by atoms with E-state index in [1.54, 1.807) is 0 Å². The Balaban J connectivity index is 2.43. The van der Waals surface area contributed by atoms with E-state index in [9.17, 15) is 4.39 Å². The second kappa shape index (κ2) is 3.33. The molecule has 0 spiro atoms. The molecule has 72 valence electrons. The van der Waals surface area contributed by atoms with Crippen molar-refractivity contribution < 1.29 is 4.39 Å². The number of nitrogens with zero attached hydrogens (tertiary/aromatic N) is 1. The second-order valence-corrected chi connectivity index (χ2v) is 4.37. The first-order chi connectivity index (χ1) is 5.49. The van der Waals surface area contributed by atoms with Crippen molar-refractivity contribution in [3.05, 3.63) is 0 Å². The van der Waals surface area contributed by atoms with Gasteiger partial charge in [0.25, 0.3) is 0 Å². The van der Waals surface area contributed by atoms with E-state index in [1.165, 1.54) is 0 Å². The maximum atomic E-state index is 13.9. The average Bonchev–Trinajstić information content (AvgIpc) is 1.96. The van der Waals surface area contributed by atoms with Crippen molar-refractivity contribution >= 4 is 0 Å². The number of hydrogen-bond acceptors (Lipinski definition) is 1. The van der Waals surface area contributed by atoms with Gasteiger partial charge in [0.2, 0.25) is 0 Å². The Kier molecular flexibility index (Phi) is 2.77. The first-order valence-electron chi connectivity index (χ1n) is 4.91. The van der Waals surface area contributed by atoms with Crippen LogP contribution in [0.1, 0.15) is 27.7 Å². The molecule has 1 fully saturated rings. The minimum absolute atomic E-state index is 0.195. The smallest absolute Gasteiger partial charge is 0.139 e. The topological polar surface area (TPSA) is 3.24 Å². The molecule has 0 aromatic carbocycles. The minimum Gasteiger partial charge on any atom is -0.297 e. The van der Waals surface area contributed by atoms with E-state index in [1.807, 2.05) is 6.92 Å². The van der Waals surface area contributed by atoms with Gasteiger partial charge in [-0.2, -0.15) is 0 Å². The molecule has 1 nitrogen and oxygen atoms in total. The van der Waals surface area contributed by atoms with E-state index in [4.69, 9.17) is 0 Å². The van der Waals surface area contributed by atoms with Crippen molar-refractivity contribution in [3.8, 4) is 0 Å². The van der Waals surface area contributed by atoms with Gasteiger partial charge in [0.05, 0.1) is 0 Å². The zero-order chi connectivity index (χ0) is 9.35. The molecule has 0 N–H and O–H groups in total. The molecule has 0 aromatic heterocycles. The van der Waals surface area contributed by atoms with Crippen LogP contribution in [0, 0.1) is 11.8 Å². The predicted octanol–water partition coefficient (Wildman–Crippen LogP) is 2.32. The molecule has 1 heterocycles. The van der Waals surface area contributed by atoms with Crippen LogP contribution in [0.4, 0.5) is 4.39 Å². The average molecular weight is 173 g/mol. The van der Waals surface area contributed by atoms with E-state index in [-0.39, 0.29) is 5.92 Å². The van der Waals surface area contributed by atoms with E-state index < -0.39 is 5.67 Å². The van der Waals surface area contributed by atoms with Gasteiger partial charge in [0.15, 0.2) is 0 Å². The van der Waals surface area contributed by atoms with Gasteiger partial charge in [-0.05, 0) is 18.4 Å². The molecule has 0 amide bonds. The molecule has 1 aliphatic rings. The highest BCUT2D eigenvalue weighted by Crippen LogP contribution is 2.36. The summed E-state index contributed by atoms with van der Waals surface area (Å²) in [6.07, 6.45) is 0. The summed E-state index contributed by atoms with van der Waals surface area (Å²) in [5, 5.41) is 0. The van der Waals surface area contributed by atoms with Crippen LogP contribution in [0.25, 0.3) is 0 Å². The zero-order valence-corrected chi connectivity index (χ0v) is 8.60. The molecule has 1 unspecified atom stereocenters. The summed E-state index contributed by atoms with van der Waals surface area (Å²) in [4.78, 5) is 2.15. The van der Waals surface area contributed by atoms with Gasteiger partial charge in [-0.3, -0.25) is 4.90 Å². The quantitative estimate of drug-likeness (QED) is 0.633. The molecular weight excluding hydrogens is 153 g/mol. The van der Waals surface area contributed by atoms with Gasteiger partial charge in [0.1, 0.15) is 5.67 Å². The Labute approximate surface area is 74.9 Å². The van der Waals surface area contributed by atoms with Crippen molar-refractivity contribution in [1.29, 1.82) is 0 Å². The van der Waals surface area contributed by atoms with Crippen molar-refractivity contribution in [2.75, 3.05) is 19.6 Å². The maximum Gasteiger partial charge on any atom is 0.139 e. The maximum absolute atomic E-state index is 13.9. The standard InChI is InChI=1S/C10H20FN/c1-5-12-6-10(11,7-12)9(4)8(2)3/h8-9H,5-7H2,1-4H3. The number of hydrogen-bond donors (Lipinski definition) is 0. The summed E-state index contributed by atoms with van der Waals surface area (Å²) >= 11 is 0. The van der Waals surface area contributed by atoms with Crippen molar-refractivity contribution in [2.24, 2.45) is 11.8 Å². The molecule has 0 aliphatic carbocycles. The number of rotatable bonds is 3. The summed E-state index contributed by atoms with van der Waals surface area (Å²) in [7, 11) is 0. The lowest BCUT2D eigenvalue weighted by Crippen LogP contribution is -2.62. The monoisotopic (exact) mass is 173 g/mol. The van der Waals surface area contributed by atoms with Gasteiger partial charge in [-0.25, -0.2) is 4.39 Å². The van der Waals surface area contributed by atoms with E-state index in [0.717, 1.165) is 6.54 Å². The van der Waals surface area contributed by atoms with Gasteiger partial charge in [-0.1, -0.05) is 27.7 Å². The lowest BCUT2D eigenvalue weighted by Gasteiger charge is -2.48. The molecule has 1 rings (SSSR count). The molecular formula is C10H20FN. The van der Waals surface area contributed by atoms with Crippen molar-refractivity contribution in [3.63, 3.8) is 0 Å². The lowest BCUT2D eigenvalue weighted by atomic mass is 9.77. The zero-order valence-electron chi connectivity index (χ0n) is 8.60. The summed E-state index contributed by atoms with van der Waals surface area (Å²) in [6, 6.07) is 0. The Hall–Kier alpha value is -0.110. The highest BCUT2D eigenvalue weighted by Gasteiger charge is 2.47. The highest BCUT2D eigenvalue weighted by molar-refractivity contribution is 4.99. The molecule has 2 heteroatoms. The predicted molar refractivity (Wildman–Crippen MR) is 50.0 cm³/mol. The fourth-order valence-electron chi connectivity index (χ4n) is 1.81. The van der Waals surface area contributed by atoms with Gasteiger partial charge in [-0.15, -0.1) is 0 Å². The van der Waals surface area contributed by atoms with Gasteiger partial charge >= 0.3 is 0 Å². The Morgan fingerprint density at radius 3 is 2.17 bits per heavy atom. The highest BCUT2D eigenvalue weighted by atomic mass is 19.1. The summed E-state index contributed by atoms with van der Waals surface area (Å²) in [6.45, 7) is 10.6. The first-order valence-corrected chi connectivity index (χ1v) is 4.91. The third kappa shape index (κ3) is 1.63. The molecule has 1 aliphatic heterocycles. The number of alkyl halides is 1. The van der Waals surface area contributed by atoms with Gasteiger partial charge in [0, 0.05) is 13.1 Å². The fraction of sp³-hybridized carbons (Fsp3) is 1.00. The SMILES string of the molecule is CCN1CC(F)(C(C)C(C)C)C1. The van der Waals surface area contributed by atoms with Crippen LogP contribution < -0.4 is 0 Å². The second-order valence-electron chi connectivity index (χ2n) is 4.37. The van der Waals surface area contributed by atoms with Crippen LogP contribution in [-0.2, 0) is 0 Å². The summed E-state index contributed by atoms with van der Waals surface area (Å²) in [5.74, 6) is 0.648. The van der Waals surface area contributed by atoms with Crippen LogP contribution in [0.2, 0.25) is 0 Å². The molecule has 0 radical (unpaired) electrons. The van der Waals surface area contributed by atoms with Crippen LogP contribution in [0.5, 0.6) is 0 Å². The van der Waals surface area contributed by atoms with Crippen LogP contribution in [-0.4, -0.2) is 30.2 Å². The molecule has 0 saturated carbocycles. The molecule has 1 atom stereocenters. The van der Waals surface area contributed by atoms with Crippen molar-refractivity contribution in [1.82, 2.24) is 4.90 Å². The minimum atomic E-state index is -0.899. The lowest BCUT2D eigenvalue weighted by molar-refractivity contribution is -0.0788. The van der Waals surface area contributed by atoms with Crippen molar-refractivity contribution in [2.45, 2.75) is 33.4 Å². The van der Waals surface area contributed by atoms with Crippen LogP contribution in [0.15, 0.2) is 0 Å². The molecule has 0 aromatic rings. The summed E-state index contributed by atoms with van der Waals surface area (Å²) < 4.78 is 13.9. The van der Waals surface area contributed by atoms with Gasteiger partial charge < -0.3 is 0 Å². The molecule has 12 heavy (non-hydrogen) atoms. The van der Waals surface area contributed by atoms with E-state index in [2.05, 4.69) is 25.7 Å². The summed E-state index contributed by atoms with van der Waals surface area (Å²) in [5.41, 5.74) is -0.899. The fourth-order valence-corrected chi connectivity index (χ4v) is 1.81. The van der Waals surface area contributed by atoms with E-state index in [0.29, 0.717) is 19.0 Å². The van der Waals surface area contributed by atoms with E-state index >= 15 is 0 Å². The molecule has 1 saturated heterocycles. The van der Waals surface area contributed by atoms with Crippen LogP contribution >= 0.6 is 0 Å². The first kappa shape index (κ1) is 9.97. The Morgan fingerprint density at radius 1 is 1.33 bits per heavy atom. The molecule has 0 bridgehead atoms. The Bertz CT molecular complexity index is 150. The number of halogens is 1. The Morgan fingerprint density at radius 2 is 1.83 bits per heavy atom. The normalized spacial score (nSPS) is 25.5. The largest absolute Gasteiger partial charge is 0.297 e. The third-order valence-corrected chi connectivity index (χ3v) is 3.24. The number of likely N-dealkylation sites (tertiary alicyclic amines) is 1. The third-order valence-electron chi connectivity index (χ3n) is 3.24. The van der Waals surface area contributed by atoms with Crippen LogP contribution in [0.3, 0.4) is 0 Å².